The second-order valence-corrected chi connectivity index (χ2v) is 7.39. The van der Waals surface area contributed by atoms with Gasteiger partial charge >= 0.3 is 0 Å². The van der Waals surface area contributed by atoms with Gasteiger partial charge in [-0.05, 0) is 66.6 Å². The second-order valence-electron chi connectivity index (χ2n) is 5.15. The number of halogens is 1. The molecule has 2 heterocycles. The van der Waals surface area contributed by atoms with E-state index in [0.717, 1.165) is 23.1 Å². The van der Waals surface area contributed by atoms with E-state index in [-0.39, 0.29) is 11.9 Å². The van der Waals surface area contributed by atoms with E-state index in [4.69, 9.17) is 0 Å². The fourth-order valence-electron chi connectivity index (χ4n) is 2.52. The van der Waals surface area contributed by atoms with Crippen LogP contribution in [-0.2, 0) is 0 Å². The van der Waals surface area contributed by atoms with Crippen molar-refractivity contribution in [3.63, 3.8) is 0 Å². The van der Waals surface area contributed by atoms with Crippen molar-refractivity contribution in [2.75, 3.05) is 6.54 Å². The highest BCUT2D eigenvalue weighted by molar-refractivity contribution is 7.19. The van der Waals surface area contributed by atoms with Gasteiger partial charge in [0.1, 0.15) is 5.82 Å². The molecule has 1 aromatic carbocycles. The Hall–Kier alpha value is -1.23. The van der Waals surface area contributed by atoms with Gasteiger partial charge in [-0.3, -0.25) is 0 Å². The molecule has 0 bridgehead atoms. The third-order valence-corrected chi connectivity index (χ3v) is 5.63. The molecule has 0 saturated carbocycles. The molecule has 0 radical (unpaired) electrons. The summed E-state index contributed by atoms with van der Waals surface area (Å²) in [5.74, 6) is -0.170. The Kier molecular flexibility index (Phi) is 4.38. The zero-order chi connectivity index (χ0) is 14.8. The smallest absolute Gasteiger partial charge is 0.123 e. The summed E-state index contributed by atoms with van der Waals surface area (Å²) < 4.78 is 14.5. The van der Waals surface area contributed by atoms with Crippen LogP contribution in [0.3, 0.4) is 0 Å². The van der Waals surface area contributed by atoms with Crippen LogP contribution in [0.5, 0.6) is 0 Å². The van der Waals surface area contributed by atoms with Crippen LogP contribution in [0.1, 0.15) is 34.7 Å². The van der Waals surface area contributed by atoms with Crippen LogP contribution in [0.15, 0.2) is 35.7 Å². The van der Waals surface area contributed by atoms with Gasteiger partial charge in [-0.25, -0.2) is 4.39 Å². The maximum atomic E-state index is 13.4. The molecule has 1 unspecified atom stereocenters. The Morgan fingerprint density at radius 1 is 1.24 bits per heavy atom. The number of thiophene rings is 2. The third kappa shape index (κ3) is 3.03. The third-order valence-electron chi connectivity index (χ3n) is 3.59. The molecule has 1 N–H and O–H groups in total. The van der Waals surface area contributed by atoms with Crippen LogP contribution in [0.2, 0.25) is 0 Å². The molecule has 0 aliphatic rings. The van der Waals surface area contributed by atoms with Crippen molar-refractivity contribution in [1.82, 2.24) is 5.32 Å². The van der Waals surface area contributed by atoms with Crippen molar-refractivity contribution < 1.29 is 4.39 Å². The standard InChI is InChI=1S/C17H18FNS2/c1-3-7-19-17(14-6-8-20-11(14)2)16-10-12-9-13(18)4-5-15(12)21-16/h4-6,8-10,17,19H,3,7H2,1-2H3. The second kappa shape index (κ2) is 6.26. The molecule has 3 rings (SSSR count). The zero-order valence-corrected chi connectivity index (χ0v) is 13.8. The number of hydrogen-bond acceptors (Lipinski definition) is 3. The maximum absolute atomic E-state index is 13.4. The van der Waals surface area contributed by atoms with Gasteiger partial charge in [0.2, 0.25) is 0 Å². The average Bonchev–Trinajstić information content (AvgIpc) is 3.06. The minimum atomic E-state index is -0.170. The zero-order valence-electron chi connectivity index (χ0n) is 12.2. The average molecular weight is 319 g/mol. The van der Waals surface area contributed by atoms with Gasteiger partial charge < -0.3 is 5.32 Å². The van der Waals surface area contributed by atoms with Crippen molar-refractivity contribution in [1.29, 1.82) is 0 Å². The Balaban J connectivity index is 2.03. The van der Waals surface area contributed by atoms with Crippen LogP contribution in [-0.4, -0.2) is 6.54 Å². The topological polar surface area (TPSA) is 12.0 Å². The molecule has 0 saturated heterocycles. The van der Waals surface area contributed by atoms with Gasteiger partial charge in [-0.2, -0.15) is 0 Å². The molecule has 0 amide bonds. The first-order valence-electron chi connectivity index (χ1n) is 7.15. The first kappa shape index (κ1) is 14.7. The summed E-state index contributed by atoms with van der Waals surface area (Å²) in [6.45, 7) is 5.31. The van der Waals surface area contributed by atoms with Gasteiger partial charge in [0.05, 0.1) is 6.04 Å². The monoisotopic (exact) mass is 319 g/mol. The van der Waals surface area contributed by atoms with Gasteiger partial charge in [-0.1, -0.05) is 6.92 Å². The largest absolute Gasteiger partial charge is 0.306 e. The Labute approximate surface area is 132 Å². The van der Waals surface area contributed by atoms with E-state index in [1.165, 1.54) is 21.4 Å². The summed E-state index contributed by atoms with van der Waals surface area (Å²) in [7, 11) is 0. The van der Waals surface area contributed by atoms with E-state index in [1.54, 1.807) is 28.7 Å². The van der Waals surface area contributed by atoms with Gasteiger partial charge in [0.15, 0.2) is 0 Å². The van der Waals surface area contributed by atoms with E-state index in [2.05, 4.69) is 36.7 Å². The summed E-state index contributed by atoms with van der Waals surface area (Å²) in [5.41, 5.74) is 1.33. The molecule has 1 nitrogen and oxygen atoms in total. The predicted octanol–water partition coefficient (Wildman–Crippen LogP) is 5.50. The number of hydrogen-bond donors (Lipinski definition) is 1. The lowest BCUT2D eigenvalue weighted by Gasteiger charge is -2.17. The van der Waals surface area contributed by atoms with Crippen LogP contribution in [0.4, 0.5) is 4.39 Å². The molecule has 110 valence electrons. The fraction of sp³-hybridized carbons (Fsp3) is 0.294. The van der Waals surface area contributed by atoms with E-state index < -0.39 is 0 Å². The summed E-state index contributed by atoms with van der Waals surface area (Å²) in [5, 5.41) is 6.76. The lowest BCUT2D eigenvalue weighted by Crippen LogP contribution is -2.22. The summed E-state index contributed by atoms with van der Waals surface area (Å²) in [4.78, 5) is 2.60. The van der Waals surface area contributed by atoms with Crippen molar-refractivity contribution >= 4 is 32.8 Å². The highest BCUT2D eigenvalue weighted by atomic mass is 32.1. The van der Waals surface area contributed by atoms with Crippen LogP contribution >= 0.6 is 22.7 Å². The van der Waals surface area contributed by atoms with E-state index in [0.29, 0.717) is 0 Å². The number of nitrogens with one attached hydrogen (secondary N) is 1. The van der Waals surface area contributed by atoms with Crippen LogP contribution in [0, 0.1) is 12.7 Å². The van der Waals surface area contributed by atoms with E-state index in [9.17, 15) is 4.39 Å². The molecule has 2 aromatic heterocycles. The predicted molar refractivity (Wildman–Crippen MR) is 91.0 cm³/mol. The molecule has 0 aliphatic carbocycles. The lowest BCUT2D eigenvalue weighted by atomic mass is 10.1. The molecular weight excluding hydrogens is 301 g/mol. The highest BCUT2D eigenvalue weighted by Gasteiger charge is 2.18. The number of aryl methyl sites for hydroxylation is 1. The Morgan fingerprint density at radius 3 is 2.81 bits per heavy atom. The molecule has 0 fully saturated rings. The van der Waals surface area contributed by atoms with Crippen LogP contribution < -0.4 is 5.32 Å². The summed E-state index contributed by atoms with van der Waals surface area (Å²) in [6, 6.07) is 9.54. The number of benzene rings is 1. The van der Waals surface area contributed by atoms with E-state index >= 15 is 0 Å². The quantitative estimate of drug-likeness (QED) is 0.655. The maximum Gasteiger partial charge on any atom is 0.123 e. The molecule has 3 aromatic rings. The Morgan fingerprint density at radius 2 is 2.10 bits per heavy atom. The number of fused-ring (bicyclic) bond motifs is 1. The van der Waals surface area contributed by atoms with E-state index in [1.807, 2.05) is 6.07 Å². The molecule has 21 heavy (non-hydrogen) atoms. The van der Waals surface area contributed by atoms with Crippen molar-refractivity contribution in [2.24, 2.45) is 0 Å². The first-order valence-corrected chi connectivity index (χ1v) is 8.85. The molecular formula is C17H18FNS2. The lowest BCUT2D eigenvalue weighted by molar-refractivity contribution is 0.605. The van der Waals surface area contributed by atoms with Gasteiger partial charge in [0, 0.05) is 14.5 Å². The van der Waals surface area contributed by atoms with Crippen molar-refractivity contribution in [3.8, 4) is 0 Å². The molecule has 0 spiro atoms. The summed E-state index contributed by atoms with van der Waals surface area (Å²) >= 11 is 3.52. The van der Waals surface area contributed by atoms with Crippen molar-refractivity contribution in [3.05, 3.63) is 56.8 Å². The first-order chi connectivity index (χ1) is 10.2. The SMILES string of the molecule is CCCNC(c1cc2cc(F)ccc2s1)c1ccsc1C. The van der Waals surface area contributed by atoms with Crippen molar-refractivity contribution in [2.45, 2.75) is 26.3 Å². The number of rotatable bonds is 5. The molecule has 1 atom stereocenters. The minimum Gasteiger partial charge on any atom is -0.306 e. The van der Waals surface area contributed by atoms with Crippen LogP contribution in [0.25, 0.3) is 10.1 Å². The molecule has 0 aliphatic heterocycles. The van der Waals surface area contributed by atoms with Gasteiger partial charge in [0.25, 0.3) is 0 Å². The highest BCUT2D eigenvalue weighted by Crippen LogP contribution is 2.35. The fourth-order valence-corrected chi connectivity index (χ4v) is 4.40. The Bertz CT molecular complexity index is 744. The normalized spacial score (nSPS) is 12.9. The minimum absolute atomic E-state index is 0.170. The van der Waals surface area contributed by atoms with Gasteiger partial charge in [-0.15, -0.1) is 22.7 Å². The summed E-state index contributed by atoms with van der Waals surface area (Å²) in [6.07, 6.45) is 1.10. The molecule has 4 heteroatoms.